The molecule has 0 amide bonds. The fourth-order valence-corrected chi connectivity index (χ4v) is 2.81. The van der Waals surface area contributed by atoms with E-state index in [0.29, 0.717) is 29.7 Å². The second-order valence-electron chi connectivity index (χ2n) is 6.30. The molecule has 3 aromatic carbocycles. The fraction of sp³-hybridized carbons (Fsp3) is 0.0833. The summed E-state index contributed by atoms with van der Waals surface area (Å²) >= 11 is 0. The highest BCUT2D eigenvalue weighted by molar-refractivity contribution is 5.57. The first kappa shape index (κ1) is 18.5. The number of benzene rings is 3. The standard InChI is InChI=1S/C24H20N2O3/c1-27-22-12-5-6-13-23(22)29-21-15-25-24(26-16-21)19-10-7-11-20(14-19)28-17-18-8-3-2-4-9-18/h2-16H,17H2,1H3. The van der Waals surface area contributed by atoms with E-state index in [1.807, 2.05) is 78.9 Å². The van der Waals surface area contributed by atoms with Crippen molar-refractivity contribution in [2.45, 2.75) is 6.61 Å². The molecule has 4 aromatic rings. The topological polar surface area (TPSA) is 53.5 Å². The van der Waals surface area contributed by atoms with Gasteiger partial charge in [0.25, 0.3) is 0 Å². The summed E-state index contributed by atoms with van der Waals surface area (Å²) in [6, 6.07) is 25.2. The SMILES string of the molecule is COc1ccccc1Oc1cnc(-c2cccc(OCc3ccccc3)c2)nc1. The number of hydrogen-bond donors (Lipinski definition) is 0. The zero-order valence-electron chi connectivity index (χ0n) is 16.0. The van der Waals surface area contributed by atoms with Crippen LogP contribution < -0.4 is 14.2 Å². The highest BCUT2D eigenvalue weighted by Crippen LogP contribution is 2.31. The van der Waals surface area contributed by atoms with Gasteiger partial charge in [0, 0.05) is 5.56 Å². The monoisotopic (exact) mass is 384 g/mol. The van der Waals surface area contributed by atoms with Gasteiger partial charge in [0.1, 0.15) is 12.4 Å². The quantitative estimate of drug-likeness (QED) is 0.420. The van der Waals surface area contributed by atoms with Gasteiger partial charge >= 0.3 is 0 Å². The maximum absolute atomic E-state index is 5.89. The van der Waals surface area contributed by atoms with E-state index in [4.69, 9.17) is 14.2 Å². The van der Waals surface area contributed by atoms with Crippen LogP contribution in [0, 0.1) is 0 Å². The molecule has 0 aliphatic carbocycles. The van der Waals surface area contributed by atoms with E-state index in [-0.39, 0.29) is 0 Å². The molecule has 0 saturated carbocycles. The van der Waals surface area contributed by atoms with Crippen molar-refractivity contribution in [2.75, 3.05) is 7.11 Å². The second kappa shape index (κ2) is 8.89. The van der Waals surface area contributed by atoms with Crippen LogP contribution in [0.3, 0.4) is 0 Å². The third-order valence-electron chi connectivity index (χ3n) is 4.27. The molecule has 0 spiro atoms. The largest absolute Gasteiger partial charge is 0.493 e. The number of aromatic nitrogens is 2. The summed E-state index contributed by atoms with van der Waals surface area (Å²) in [4.78, 5) is 8.86. The molecule has 0 bridgehead atoms. The van der Waals surface area contributed by atoms with Crippen molar-refractivity contribution >= 4 is 0 Å². The average Bonchev–Trinajstić information content (AvgIpc) is 2.79. The van der Waals surface area contributed by atoms with Crippen LogP contribution in [0.5, 0.6) is 23.0 Å². The van der Waals surface area contributed by atoms with Gasteiger partial charge in [-0.15, -0.1) is 0 Å². The Labute approximate surface area is 169 Å². The molecule has 1 heterocycles. The molecule has 0 aliphatic rings. The first-order valence-electron chi connectivity index (χ1n) is 9.22. The van der Waals surface area contributed by atoms with E-state index in [2.05, 4.69) is 9.97 Å². The predicted octanol–water partition coefficient (Wildman–Crippen LogP) is 5.52. The molecule has 144 valence electrons. The molecule has 5 nitrogen and oxygen atoms in total. The van der Waals surface area contributed by atoms with E-state index in [9.17, 15) is 0 Å². The van der Waals surface area contributed by atoms with Gasteiger partial charge in [0.2, 0.25) is 0 Å². The zero-order chi connectivity index (χ0) is 19.9. The molecular weight excluding hydrogens is 364 g/mol. The lowest BCUT2D eigenvalue weighted by molar-refractivity contribution is 0.306. The van der Waals surface area contributed by atoms with Gasteiger partial charge in [-0.2, -0.15) is 0 Å². The minimum absolute atomic E-state index is 0.511. The van der Waals surface area contributed by atoms with Gasteiger partial charge in [-0.3, -0.25) is 0 Å². The van der Waals surface area contributed by atoms with Crippen LogP contribution in [0.2, 0.25) is 0 Å². The molecular formula is C24H20N2O3. The molecule has 5 heteroatoms. The van der Waals surface area contributed by atoms with Crippen molar-refractivity contribution in [1.29, 1.82) is 0 Å². The van der Waals surface area contributed by atoms with E-state index < -0.39 is 0 Å². The van der Waals surface area contributed by atoms with Crippen molar-refractivity contribution in [3.63, 3.8) is 0 Å². The second-order valence-corrected chi connectivity index (χ2v) is 6.30. The van der Waals surface area contributed by atoms with Gasteiger partial charge < -0.3 is 14.2 Å². The molecule has 1 aromatic heterocycles. The number of ether oxygens (including phenoxy) is 3. The number of rotatable bonds is 7. The highest BCUT2D eigenvalue weighted by atomic mass is 16.5. The molecule has 0 atom stereocenters. The number of para-hydroxylation sites is 2. The van der Waals surface area contributed by atoms with Crippen LogP contribution in [-0.2, 0) is 6.61 Å². The van der Waals surface area contributed by atoms with Crippen LogP contribution >= 0.6 is 0 Å². The maximum atomic E-state index is 5.89. The summed E-state index contributed by atoms with van der Waals surface area (Å²) in [5, 5.41) is 0. The first-order valence-corrected chi connectivity index (χ1v) is 9.22. The Morgan fingerprint density at radius 2 is 1.45 bits per heavy atom. The Morgan fingerprint density at radius 1 is 0.724 bits per heavy atom. The molecule has 0 saturated heterocycles. The number of methoxy groups -OCH3 is 1. The summed E-state index contributed by atoms with van der Waals surface area (Å²) in [6.45, 7) is 0.511. The Hall–Kier alpha value is -3.86. The smallest absolute Gasteiger partial charge is 0.169 e. The summed E-state index contributed by atoms with van der Waals surface area (Å²) in [6.07, 6.45) is 3.29. The molecule has 0 N–H and O–H groups in total. The van der Waals surface area contributed by atoms with Crippen LogP contribution in [0.15, 0.2) is 91.3 Å². The van der Waals surface area contributed by atoms with Gasteiger partial charge in [-0.05, 0) is 29.8 Å². The van der Waals surface area contributed by atoms with E-state index >= 15 is 0 Å². The lowest BCUT2D eigenvalue weighted by Crippen LogP contribution is -1.96. The van der Waals surface area contributed by atoms with Crippen LogP contribution in [0.25, 0.3) is 11.4 Å². The van der Waals surface area contributed by atoms with Gasteiger partial charge in [-0.25, -0.2) is 9.97 Å². The third-order valence-corrected chi connectivity index (χ3v) is 4.27. The van der Waals surface area contributed by atoms with Crippen LogP contribution in [-0.4, -0.2) is 17.1 Å². The first-order chi connectivity index (χ1) is 14.3. The van der Waals surface area contributed by atoms with Crippen molar-refractivity contribution in [2.24, 2.45) is 0 Å². The molecule has 0 unspecified atom stereocenters. The maximum Gasteiger partial charge on any atom is 0.169 e. The van der Waals surface area contributed by atoms with Crippen LogP contribution in [0.1, 0.15) is 5.56 Å². The highest BCUT2D eigenvalue weighted by Gasteiger charge is 2.07. The normalized spacial score (nSPS) is 10.4. The molecule has 4 rings (SSSR count). The molecule has 0 fully saturated rings. The van der Waals surface area contributed by atoms with Gasteiger partial charge in [0.15, 0.2) is 23.1 Å². The lowest BCUT2D eigenvalue weighted by Gasteiger charge is -2.10. The third kappa shape index (κ3) is 4.71. The Morgan fingerprint density at radius 3 is 2.21 bits per heavy atom. The fourth-order valence-electron chi connectivity index (χ4n) is 2.81. The van der Waals surface area contributed by atoms with E-state index in [1.165, 1.54) is 0 Å². The number of nitrogens with zero attached hydrogens (tertiary/aromatic N) is 2. The summed E-state index contributed by atoms with van der Waals surface area (Å²) < 4.78 is 17.0. The van der Waals surface area contributed by atoms with E-state index in [0.717, 1.165) is 16.9 Å². The van der Waals surface area contributed by atoms with Crippen molar-refractivity contribution in [3.05, 3.63) is 96.8 Å². The summed E-state index contributed by atoms with van der Waals surface area (Å²) in [5.41, 5.74) is 1.99. The average molecular weight is 384 g/mol. The van der Waals surface area contributed by atoms with Crippen molar-refractivity contribution in [1.82, 2.24) is 9.97 Å². The van der Waals surface area contributed by atoms with Gasteiger partial charge in [-0.1, -0.05) is 54.6 Å². The van der Waals surface area contributed by atoms with Crippen LogP contribution in [0.4, 0.5) is 0 Å². The minimum atomic E-state index is 0.511. The Kier molecular flexibility index (Phi) is 5.67. The Bertz CT molecular complexity index is 1070. The number of hydrogen-bond acceptors (Lipinski definition) is 5. The molecule has 0 aliphatic heterocycles. The van der Waals surface area contributed by atoms with Crippen molar-refractivity contribution < 1.29 is 14.2 Å². The van der Waals surface area contributed by atoms with Crippen molar-refractivity contribution in [3.8, 4) is 34.4 Å². The lowest BCUT2D eigenvalue weighted by atomic mass is 10.2. The predicted molar refractivity (Wildman–Crippen MR) is 111 cm³/mol. The van der Waals surface area contributed by atoms with Gasteiger partial charge in [0.05, 0.1) is 19.5 Å². The summed E-state index contributed by atoms with van der Waals surface area (Å²) in [5.74, 6) is 3.17. The Balaban J connectivity index is 1.46. The molecule has 0 radical (unpaired) electrons. The van der Waals surface area contributed by atoms with E-state index in [1.54, 1.807) is 19.5 Å². The minimum Gasteiger partial charge on any atom is -0.493 e. The molecule has 29 heavy (non-hydrogen) atoms. The summed E-state index contributed by atoms with van der Waals surface area (Å²) in [7, 11) is 1.61. The zero-order valence-corrected chi connectivity index (χ0v) is 16.0.